The van der Waals surface area contributed by atoms with Gasteiger partial charge in [-0.25, -0.2) is 4.39 Å². The van der Waals surface area contributed by atoms with Crippen LogP contribution in [-0.4, -0.2) is 5.78 Å². The van der Waals surface area contributed by atoms with Crippen molar-refractivity contribution in [1.29, 1.82) is 0 Å². The van der Waals surface area contributed by atoms with E-state index in [1.165, 1.54) is 12.1 Å². The molecule has 1 atom stereocenters. The lowest BCUT2D eigenvalue weighted by Crippen LogP contribution is -2.16. The lowest BCUT2D eigenvalue weighted by molar-refractivity contribution is 0.0976. The maximum absolute atomic E-state index is 13.2. The monoisotopic (exact) mass is 431 g/mol. The average Bonchev–Trinajstić information content (AvgIpc) is 2.64. The molecule has 0 aliphatic heterocycles. The van der Waals surface area contributed by atoms with Gasteiger partial charge >= 0.3 is 0 Å². The molecule has 0 spiro atoms. The van der Waals surface area contributed by atoms with E-state index in [1.807, 2.05) is 24.3 Å². The molecule has 3 aromatic carbocycles. The van der Waals surface area contributed by atoms with Crippen LogP contribution in [-0.2, 0) is 0 Å². The van der Waals surface area contributed by atoms with Gasteiger partial charge in [-0.15, -0.1) is 0 Å². The number of ketones is 1. The Hall–Kier alpha value is -2.17. The Morgan fingerprint density at radius 3 is 2.19 bits per heavy atom. The normalized spacial score (nSPS) is 11.8. The van der Waals surface area contributed by atoms with Gasteiger partial charge in [-0.05, 0) is 66.2 Å². The van der Waals surface area contributed by atoms with Crippen LogP contribution in [0.4, 0.5) is 10.1 Å². The zero-order valence-corrected chi connectivity index (χ0v) is 16.1. The molecule has 5 heteroatoms. The van der Waals surface area contributed by atoms with Crippen molar-refractivity contribution >= 4 is 39.0 Å². The third kappa shape index (κ3) is 4.93. The summed E-state index contributed by atoms with van der Waals surface area (Å²) in [5.41, 5.74) is 2.33. The first-order chi connectivity index (χ1) is 12.5. The number of nitrogens with one attached hydrogen (secondary N) is 1. The fraction of sp³-hybridized carbons (Fsp3) is 0.0952. The summed E-state index contributed by atoms with van der Waals surface area (Å²) >= 11 is 9.32. The Bertz CT molecular complexity index is 879. The minimum Gasteiger partial charge on any atom is -0.378 e. The van der Waals surface area contributed by atoms with Gasteiger partial charge < -0.3 is 5.32 Å². The van der Waals surface area contributed by atoms with Crippen LogP contribution in [0.15, 0.2) is 77.3 Å². The molecule has 0 aliphatic rings. The molecule has 0 amide bonds. The molecular weight excluding hydrogens is 417 g/mol. The van der Waals surface area contributed by atoms with Crippen LogP contribution >= 0.6 is 27.5 Å². The van der Waals surface area contributed by atoms with E-state index in [9.17, 15) is 9.18 Å². The van der Waals surface area contributed by atoms with Crippen molar-refractivity contribution in [2.24, 2.45) is 0 Å². The number of hydrogen-bond donors (Lipinski definition) is 1. The molecule has 132 valence electrons. The SMILES string of the molecule is O=C(C[C@H](Nc1ccc(F)cc1)c1ccc(Br)cc1)c1ccc(Cl)cc1. The zero-order chi connectivity index (χ0) is 18.5. The van der Waals surface area contributed by atoms with Crippen molar-refractivity contribution in [2.75, 3.05) is 5.32 Å². The molecule has 0 aliphatic carbocycles. The summed E-state index contributed by atoms with van der Waals surface area (Å²) in [5.74, 6) is -0.294. The molecule has 3 rings (SSSR count). The standard InChI is InChI=1S/C21H16BrClFNO/c22-16-5-1-14(2-6-16)20(25-19-11-9-18(24)10-12-19)13-21(26)15-3-7-17(23)8-4-15/h1-12,20,25H,13H2/t20-/m0/s1. The van der Waals surface area contributed by atoms with Crippen molar-refractivity contribution in [2.45, 2.75) is 12.5 Å². The van der Waals surface area contributed by atoms with Gasteiger partial charge in [0.05, 0.1) is 6.04 Å². The summed E-state index contributed by atoms with van der Waals surface area (Å²) in [6.45, 7) is 0. The van der Waals surface area contributed by atoms with Gasteiger partial charge in [-0.1, -0.05) is 39.7 Å². The molecule has 0 saturated carbocycles. The first-order valence-corrected chi connectivity index (χ1v) is 9.25. The number of halogens is 3. The zero-order valence-electron chi connectivity index (χ0n) is 13.8. The number of carbonyl (C=O) groups is 1. The Kier molecular flexibility index (Phi) is 6.07. The van der Waals surface area contributed by atoms with E-state index in [4.69, 9.17) is 11.6 Å². The van der Waals surface area contributed by atoms with Gasteiger partial charge in [-0.2, -0.15) is 0 Å². The van der Waals surface area contributed by atoms with E-state index in [2.05, 4.69) is 21.2 Å². The van der Waals surface area contributed by atoms with Crippen molar-refractivity contribution in [3.8, 4) is 0 Å². The lowest BCUT2D eigenvalue weighted by Gasteiger charge is -2.20. The fourth-order valence-corrected chi connectivity index (χ4v) is 3.02. The summed E-state index contributed by atoms with van der Waals surface area (Å²) < 4.78 is 14.1. The van der Waals surface area contributed by atoms with E-state index in [-0.39, 0.29) is 24.1 Å². The third-order valence-corrected chi connectivity index (χ3v) is 4.79. The van der Waals surface area contributed by atoms with Crippen molar-refractivity contribution in [3.05, 3.63) is 99.2 Å². The first kappa shape index (κ1) is 18.6. The summed E-state index contributed by atoms with van der Waals surface area (Å²) in [5, 5.41) is 3.92. The molecule has 1 N–H and O–H groups in total. The van der Waals surface area contributed by atoms with Gasteiger partial charge in [0.15, 0.2) is 5.78 Å². The maximum Gasteiger partial charge on any atom is 0.165 e. The molecule has 0 fully saturated rings. The maximum atomic E-state index is 13.2. The number of Topliss-reactive ketones (excluding diaryl/α,β-unsaturated/α-hetero) is 1. The number of benzene rings is 3. The minimum absolute atomic E-state index is 0.00389. The second-order valence-electron chi connectivity index (χ2n) is 5.89. The molecule has 0 bridgehead atoms. The highest BCUT2D eigenvalue weighted by atomic mass is 79.9. The predicted octanol–water partition coefficient (Wildman–Crippen LogP) is 6.67. The van der Waals surface area contributed by atoms with Crippen LogP contribution in [0, 0.1) is 5.82 Å². The molecule has 2 nitrogen and oxygen atoms in total. The Morgan fingerprint density at radius 2 is 1.58 bits per heavy atom. The molecule has 3 aromatic rings. The molecule has 0 heterocycles. The average molecular weight is 433 g/mol. The van der Waals surface area contributed by atoms with Crippen LogP contribution in [0.3, 0.4) is 0 Å². The Morgan fingerprint density at radius 1 is 0.962 bits per heavy atom. The largest absolute Gasteiger partial charge is 0.378 e. The summed E-state index contributed by atoms with van der Waals surface area (Å²) in [4.78, 5) is 12.7. The van der Waals surface area contributed by atoms with Crippen LogP contribution in [0.25, 0.3) is 0 Å². The molecule has 0 aromatic heterocycles. The Labute approximate surface area is 165 Å². The molecule has 26 heavy (non-hydrogen) atoms. The van der Waals surface area contributed by atoms with Crippen LogP contribution in [0.2, 0.25) is 5.02 Å². The van der Waals surface area contributed by atoms with Gasteiger partial charge in [0, 0.05) is 27.2 Å². The van der Waals surface area contributed by atoms with E-state index in [0.717, 1.165) is 15.7 Å². The van der Waals surface area contributed by atoms with Gasteiger partial charge in [0.2, 0.25) is 0 Å². The lowest BCUT2D eigenvalue weighted by atomic mass is 9.97. The molecular formula is C21H16BrClFNO. The van der Waals surface area contributed by atoms with Gasteiger partial charge in [0.1, 0.15) is 5.82 Å². The van der Waals surface area contributed by atoms with Crippen LogP contribution in [0.5, 0.6) is 0 Å². The van der Waals surface area contributed by atoms with Crippen molar-refractivity contribution in [3.63, 3.8) is 0 Å². The smallest absolute Gasteiger partial charge is 0.165 e. The van der Waals surface area contributed by atoms with Gasteiger partial charge in [0.25, 0.3) is 0 Å². The van der Waals surface area contributed by atoms with E-state index in [0.29, 0.717) is 10.6 Å². The first-order valence-electron chi connectivity index (χ1n) is 8.07. The molecule has 0 unspecified atom stereocenters. The summed E-state index contributed by atoms with van der Waals surface area (Å²) in [7, 11) is 0. The number of rotatable bonds is 6. The Balaban J connectivity index is 1.84. The highest BCUT2D eigenvalue weighted by Crippen LogP contribution is 2.26. The number of hydrogen-bond acceptors (Lipinski definition) is 2. The highest BCUT2D eigenvalue weighted by Gasteiger charge is 2.17. The van der Waals surface area contributed by atoms with E-state index >= 15 is 0 Å². The third-order valence-electron chi connectivity index (χ3n) is 4.01. The molecule has 0 radical (unpaired) electrons. The van der Waals surface area contributed by atoms with Crippen LogP contribution in [0.1, 0.15) is 28.4 Å². The second-order valence-corrected chi connectivity index (χ2v) is 7.24. The fourth-order valence-electron chi connectivity index (χ4n) is 2.63. The second kappa shape index (κ2) is 8.47. The minimum atomic E-state index is -0.298. The number of anilines is 1. The molecule has 0 saturated heterocycles. The van der Waals surface area contributed by atoms with Crippen molar-refractivity contribution < 1.29 is 9.18 Å². The highest BCUT2D eigenvalue weighted by molar-refractivity contribution is 9.10. The quantitative estimate of drug-likeness (QED) is 0.441. The van der Waals surface area contributed by atoms with E-state index < -0.39 is 0 Å². The van der Waals surface area contributed by atoms with Crippen LogP contribution < -0.4 is 5.32 Å². The number of carbonyl (C=O) groups excluding carboxylic acids is 1. The predicted molar refractivity (Wildman–Crippen MR) is 107 cm³/mol. The summed E-state index contributed by atoms with van der Waals surface area (Å²) in [6, 6.07) is 20.5. The van der Waals surface area contributed by atoms with E-state index in [1.54, 1.807) is 36.4 Å². The summed E-state index contributed by atoms with van der Waals surface area (Å²) in [6.07, 6.45) is 0.265. The van der Waals surface area contributed by atoms with Crippen molar-refractivity contribution in [1.82, 2.24) is 0 Å². The topological polar surface area (TPSA) is 29.1 Å². The van der Waals surface area contributed by atoms with Gasteiger partial charge in [-0.3, -0.25) is 4.79 Å².